The van der Waals surface area contributed by atoms with E-state index in [4.69, 9.17) is 4.74 Å². The SMILES string of the molecule is C=C1CCC[C@]2(C)C[C@H]3OC(=O)C(CNCCc4c[nH]c5ccccc45)[C@H]3CC12. The van der Waals surface area contributed by atoms with Gasteiger partial charge in [0, 0.05) is 29.6 Å². The standard InChI is InChI=1S/C25H32N2O2/c1-16-6-5-10-25(2)13-23-19(12-21(16)25)20(24(28)29-23)15-26-11-9-17-14-27-22-8-4-3-7-18(17)22/h3-4,7-8,14,19-21,23,26-27H,1,5-6,9-13,15H2,2H3/t19-,20?,21?,23-,25-/m1/s1. The van der Waals surface area contributed by atoms with E-state index in [9.17, 15) is 4.79 Å². The Morgan fingerprint density at radius 2 is 2.21 bits per heavy atom. The number of nitrogens with one attached hydrogen (secondary N) is 2. The second-order valence-corrected chi connectivity index (χ2v) is 9.72. The van der Waals surface area contributed by atoms with Crippen LogP contribution in [0.1, 0.15) is 44.6 Å². The molecule has 5 atom stereocenters. The van der Waals surface area contributed by atoms with Gasteiger partial charge in [-0.2, -0.15) is 0 Å². The van der Waals surface area contributed by atoms with Crippen molar-refractivity contribution in [3.8, 4) is 0 Å². The Bertz CT molecular complexity index is 932. The second kappa shape index (κ2) is 7.32. The van der Waals surface area contributed by atoms with E-state index in [0.29, 0.717) is 11.8 Å². The minimum Gasteiger partial charge on any atom is -0.462 e. The summed E-state index contributed by atoms with van der Waals surface area (Å²) in [6.45, 7) is 8.37. The van der Waals surface area contributed by atoms with Crippen LogP contribution in [0.3, 0.4) is 0 Å². The van der Waals surface area contributed by atoms with Gasteiger partial charge in [-0.25, -0.2) is 0 Å². The fraction of sp³-hybridized carbons (Fsp3) is 0.560. The number of para-hydroxylation sites is 1. The van der Waals surface area contributed by atoms with Gasteiger partial charge in [-0.1, -0.05) is 37.3 Å². The molecule has 0 bridgehead atoms. The van der Waals surface area contributed by atoms with E-state index >= 15 is 0 Å². The predicted octanol–water partition coefficient (Wildman–Crippen LogP) is 4.61. The van der Waals surface area contributed by atoms with Crippen molar-refractivity contribution >= 4 is 16.9 Å². The molecule has 2 N–H and O–H groups in total. The highest BCUT2D eigenvalue weighted by Gasteiger charge is 2.54. The Kier molecular flexibility index (Phi) is 4.78. The minimum absolute atomic E-state index is 0.00690. The molecular weight excluding hydrogens is 360 g/mol. The third-order valence-electron chi connectivity index (χ3n) is 7.93. The van der Waals surface area contributed by atoms with Gasteiger partial charge in [-0.15, -0.1) is 0 Å². The van der Waals surface area contributed by atoms with Crippen LogP contribution in [0, 0.1) is 23.2 Å². The summed E-state index contributed by atoms with van der Waals surface area (Å²) in [4.78, 5) is 16.0. The van der Waals surface area contributed by atoms with Gasteiger partial charge in [0.2, 0.25) is 0 Å². The van der Waals surface area contributed by atoms with E-state index < -0.39 is 0 Å². The van der Waals surface area contributed by atoms with E-state index in [-0.39, 0.29) is 23.4 Å². The van der Waals surface area contributed by atoms with Crippen LogP contribution in [0.25, 0.3) is 10.9 Å². The lowest BCUT2D eigenvalue weighted by atomic mass is 9.55. The number of aromatic amines is 1. The summed E-state index contributed by atoms with van der Waals surface area (Å²) >= 11 is 0. The molecule has 2 saturated carbocycles. The number of ether oxygens (including phenoxy) is 1. The monoisotopic (exact) mass is 392 g/mol. The van der Waals surface area contributed by atoms with Gasteiger partial charge >= 0.3 is 5.97 Å². The molecule has 29 heavy (non-hydrogen) atoms. The number of benzene rings is 1. The number of carbonyl (C=O) groups excluding carboxylic acids is 1. The number of rotatable bonds is 5. The molecule has 1 aliphatic heterocycles. The summed E-state index contributed by atoms with van der Waals surface area (Å²) in [5.74, 6) is 0.895. The molecule has 0 amide bonds. The summed E-state index contributed by atoms with van der Waals surface area (Å²) in [6.07, 6.45) is 8.87. The lowest BCUT2D eigenvalue weighted by Gasteiger charge is -2.50. The zero-order valence-corrected chi connectivity index (χ0v) is 17.4. The van der Waals surface area contributed by atoms with Crippen LogP contribution in [-0.4, -0.2) is 30.1 Å². The topological polar surface area (TPSA) is 54.1 Å². The van der Waals surface area contributed by atoms with Crippen LogP contribution in [0.15, 0.2) is 42.6 Å². The molecule has 2 heterocycles. The highest BCUT2D eigenvalue weighted by atomic mass is 16.6. The summed E-state index contributed by atoms with van der Waals surface area (Å²) in [7, 11) is 0. The molecule has 2 aromatic rings. The number of esters is 1. The molecule has 4 heteroatoms. The first-order valence-electron chi connectivity index (χ1n) is 11.2. The minimum atomic E-state index is -0.0118. The van der Waals surface area contributed by atoms with Crippen LogP contribution in [0.2, 0.25) is 0 Å². The van der Waals surface area contributed by atoms with Gasteiger partial charge in [0.1, 0.15) is 6.10 Å². The summed E-state index contributed by atoms with van der Waals surface area (Å²) < 4.78 is 5.87. The van der Waals surface area contributed by atoms with Crippen molar-refractivity contribution in [2.75, 3.05) is 13.1 Å². The van der Waals surface area contributed by atoms with Gasteiger partial charge in [-0.3, -0.25) is 4.79 Å². The normalized spacial score (nSPS) is 34.1. The molecule has 0 radical (unpaired) electrons. The molecule has 1 saturated heterocycles. The van der Waals surface area contributed by atoms with Crippen molar-refractivity contribution in [1.29, 1.82) is 0 Å². The van der Waals surface area contributed by atoms with Crippen LogP contribution in [0.4, 0.5) is 0 Å². The van der Waals surface area contributed by atoms with E-state index in [1.54, 1.807) is 0 Å². The molecule has 4 nitrogen and oxygen atoms in total. The quantitative estimate of drug-likeness (QED) is 0.444. The van der Waals surface area contributed by atoms with Crippen LogP contribution in [-0.2, 0) is 16.0 Å². The summed E-state index contributed by atoms with van der Waals surface area (Å²) in [6, 6.07) is 8.41. The highest BCUT2D eigenvalue weighted by molar-refractivity contribution is 5.83. The Morgan fingerprint density at radius 1 is 1.34 bits per heavy atom. The Labute approximate surface area is 173 Å². The average molecular weight is 393 g/mol. The lowest BCUT2D eigenvalue weighted by Crippen LogP contribution is -2.45. The predicted molar refractivity (Wildman–Crippen MR) is 116 cm³/mol. The number of fused-ring (bicyclic) bond motifs is 3. The molecular formula is C25H32N2O2. The number of allylic oxidation sites excluding steroid dienone is 1. The lowest BCUT2D eigenvalue weighted by molar-refractivity contribution is -0.146. The smallest absolute Gasteiger partial charge is 0.310 e. The third-order valence-corrected chi connectivity index (χ3v) is 7.93. The van der Waals surface area contributed by atoms with Crippen molar-refractivity contribution < 1.29 is 9.53 Å². The van der Waals surface area contributed by atoms with E-state index in [1.165, 1.54) is 34.9 Å². The van der Waals surface area contributed by atoms with Crippen molar-refractivity contribution in [2.45, 2.75) is 51.6 Å². The zero-order valence-electron chi connectivity index (χ0n) is 17.4. The van der Waals surface area contributed by atoms with Gasteiger partial charge in [0.25, 0.3) is 0 Å². The maximum atomic E-state index is 12.6. The summed E-state index contributed by atoms with van der Waals surface area (Å²) in [5, 5.41) is 4.84. The zero-order chi connectivity index (χ0) is 20.0. The van der Waals surface area contributed by atoms with Crippen LogP contribution >= 0.6 is 0 Å². The number of carbonyl (C=O) groups is 1. The first kappa shape index (κ1) is 18.9. The maximum Gasteiger partial charge on any atom is 0.310 e. The van der Waals surface area contributed by atoms with E-state index in [1.807, 2.05) is 0 Å². The van der Waals surface area contributed by atoms with E-state index in [2.05, 4.69) is 54.3 Å². The number of hydrogen-bond donors (Lipinski definition) is 2. The maximum absolute atomic E-state index is 12.6. The number of aromatic nitrogens is 1. The molecule has 3 aliphatic rings. The first-order chi connectivity index (χ1) is 14.0. The molecule has 2 aliphatic carbocycles. The number of H-pyrrole nitrogens is 1. The molecule has 0 spiro atoms. The van der Waals surface area contributed by atoms with Crippen LogP contribution < -0.4 is 5.32 Å². The summed E-state index contributed by atoms with van der Waals surface area (Å²) in [5.41, 5.74) is 4.19. The molecule has 1 aromatic heterocycles. The Hall–Kier alpha value is -2.07. The van der Waals surface area contributed by atoms with Gasteiger partial charge in [0.05, 0.1) is 5.92 Å². The van der Waals surface area contributed by atoms with Crippen molar-refractivity contribution in [2.24, 2.45) is 23.2 Å². The van der Waals surface area contributed by atoms with Crippen LogP contribution in [0.5, 0.6) is 0 Å². The Balaban J connectivity index is 1.20. The van der Waals surface area contributed by atoms with Crippen molar-refractivity contribution in [3.63, 3.8) is 0 Å². The second-order valence-electron chi connectivity index (χ2n) is 9.72. The Morgan fingerprint density at radius 3 is 3.10 bits per heavy atom. The fourth-order valence-corrected chi connectivity index (χ4v) is 6.31. The average Bonchev–Trinajstić information content (AvgIpc) is 3.24. The first-order valence-corrected chi connectivity index (χ1v) is 11.2. The third kappa shape index (κ3) is 3.31. The van der Waals surface area contributed by atoms with Gasteiger partial charge in [0.15, 0.2) is 0 Å². The largest absolute Gasteiger partial charge is 0.462 e. The molecule has 2 unspecified atom stereocenters. The van der Waals surface area contributed by atoms with Crippen molar-refractivity contribution in [1.82, 2.24) is 10.3 Å². The van der Waals surface area contributed by atoms with Gasteiger partial charge in [-0.05, 0) is 68.0 Å². The van der Waals surface area contributed by atoms with E-state index in [0.717, 1.165) is 38.8 Å². The highest BCUT2D eigenvalue weighted by Crippen LogP contribution is 2.56. The molecule has 154 valence electrons. The molecule has 5 rings (SSSR count). The fourth-order valence-electron chi connectivity index (χ4n) is 6.31. The molecule has 3 fully saturated rings. The molecule has 1 aromatic carbocycles. The van der Waals surface area contributed by atoms with Gasteiger partial charge < -0.3 is 15.0 Å². The number of hydrogen-bond acceptors (Lipinski definition) is 3. The van der Waals surface area contributed by atoms with Crippen molar-refractivity contribution in [3.05, 3.63) is 48.2 Å².